The third-order valence-corrected chi connectivity index (χ3v) is 4.82. The smallest absolute Gasteiger partial charge is 0.217 e. The second kappa shape index (κ2) is 3.38. The summed E-state index contributed by atoms with van der Waals surface area (Å²) in [6.45, 7) is 0. The first-order valence-electron chi connectivity index (χ1n) is 5.65. The minimum Gasteiger partial charge on any atom is -0.475 e. The molecule has 3 aliphatic carbocycles. The van der Waals surface area contributed by atoms with E-state index in [2.05, 4.69) is 12.6 Å². The molecule has 0 radical (unpaired) electrons. The van der Waals surface area contributed by atoms with E-state index in [0.717, 1.165) is 23.7 Å². The molecule has 3 fully saturated rings. The van der Waals surface area contributed by atoms with Crippen molar-refractivity contribution in [3.63, 3.8) is 0 Å². The zero-order valence-corrected chi connectivity index (χ0v) is 9.90. The van der Waals surface area contributed by atoms with E-state index in [9.17, 15) is 0 Å². The van der Waals surface area contributed by atoms with Crippen molar-refractivity contribution < 1.29 is 4.74 Å². The van der Waals surface area contributed by atoms with E-state index in [1.54, 1.807) is 0 Å². The summed E-state index contributed by atoms with van der Waals surface area (Å²) in [5, 5.41) is 0. The standard InChI is InChI=1S/C11H16OS2/c13-11(14)12-10-5-6-4-9(10)8-3-1-2-7(6)8/h6-10H,1-5H2,(H,13,14)/t6-,7+,8-,9-,10-/m1/s1. The van der Waals surface area contributed by atoms with Gasteiger partial charge in [0.15, 0.2) is 0 Å². The highest BCUT2D eigenvalue weighted by Gasteiger charge is 2.54. The number of rotatable bonds is 1. The molecule has 0 aromatic rings. The Morgan fingerprint density at radius 1 is 1.14 bits per heavy atom. The third kappa shape index (κ3) is 1.32. The topological polar surface area (TPSA) is 9.23 Å². The number of ether oxygens (including phenoxy) is 1. The van der Waals surface area contributed by atoms with Gasteiger partial charge in [-0.25, -0.2) is 0 Å². The van der Waals surface area contributed by atoms with E-state index in [-0.39, 0.29) is 0 Å². The zero-order chi connectivity index (χ0) is 9.71. The van der Waals surface area contributed by atoms with Gasteiger partial charge in [-0.2, -0.15) is 0 Å². The lowest BCUT2D eigenvalue weighted by Gasteiger charge is -2.31. The molecular weight excluding hydrogens is 212 g/mol. The molecule has 0 saturated heterocycles. The average molecular weight is 228 g/mol. The van der Waals surface area contributed by atoms with Crippen LogP contribution in [0.25, 0.3) is 0 Å². The van der Waals surface area contributed by atoms with Gasteiger partial charge in [0.1, 0.15) is 6.10 Å². The van der Waals surface area contributed by atoms with Crippen LogP contribution < -0.4 is 0 Å². The SMILES string of the molecule is S=C(S)O[C@@H]1C[C@H]2C[C@@H]1[C@@H]1CCC[C@@H]21. The van der Waals surface area contributed by atoms with Gasteiger partial charge in [0, 0.05) is 0 Å². The first-order chi connectivity index (χ1) is 6.75. The Morgan fingerprint density at radius 3 is 2.71 bits per heavy atom. The molecular formula is C11H16OS2. The van der Waals surface area contributed by atoms with Crippen LogP contribution in [-0.4, -0.2) is 10.5 Å². The Kier molecular flexibility index (Phi) is 2.28. The Labute approximate surface area is 96.0 Å². The van der Waals surface area contributed by atoms with Gasteiger partial charge in [-0.1, -0.05) is 19.0 Å². The molecule has 3 rings (SSSR count). The van der Waals surface area contributed by atoms with Gasteiger partial charge in [0.05, 0.1) is 0 Å². The molecule has 0 heterocycles. The molecule has 3 aliphatic rings. The molecule has 78 valence electrons. The predicted molar refractivity (Wildman–Crippen MR) is 63.5 cm³/mol. The summed E-state index contributed by atoms with van der Waals surface area (Å²) < 4.78 is 6.09. The van der Waals surface area contributed by atoms with Gasteiger partial charge in [0.2, 0.25) is 4.38 Å². The fourth-order valence-electron chi connectivity index (χ4n) is 4.27. The molecule has 14 heavy (non-hydrogen) atoms. The molecule has 2 bridgehead atoms. The molecule has 0 aromatic carbocycles. The van der Waals surface area contributed by atoms with Crippen LogP contribution in [0.2, 0.25) is 0 Å². The third-order valence-electron chi connectivity index (χ3n) is 4.62. The van der Waals surface area contributed by atoms with Crippen molar-refractivity contribution in [3.05, 3.63) is 0 Å². The molecule has 0 aromatic heterocycles. The van der Waals surface area contributed by atoms with Crippen molar-refractivity contribution >= 4 is 29.2 Å². The van der Waals surface area contributed by atoms with E-state index in [0.29, 0.717) is 10.5 Å². The van der Waals surface area contributed by atoms with E-state index >= 15 is 0 Å². The monoisotopic (exact) mass is 228 g/mol. The van der Waals surface area contributed by atoms with E-state index in [1.165, 1.54) is 32.1 Å². The fourth-order valence-corrected chi connectivity index (χ4v) is 4.53. The van der Waals surface area contributed by atoms with Gasteiger partial charge in [-0.15, -0.1) is 0 Å². The molecule has 0 unspecified atom stereocenters. The van der Waals surface area contributed by atoms with Crippen molar-refractivity contribution in [1.82, 2.24) is 0 Å². The van der Waals surface area contributed by atoms with Crippen LogP contribution in [0.4, 0.5) is 0 Å². The molecule has 1 nitrogen and oxygen atoms in total. The van der Waals surface area contributed by atoms with Crippen molar-refractivity contribution in [2.24, 2.45) is 23.7 Å². The van der Waals surface area contributed by atoms with Crippen molar-refractivity contribution in [3.8, 4) is 0 Å². The maximum absolute atomic E-state index is 5.65. The summed E-state index contributed by atoms with van der Waals surface area (Å²) in [5.41, 5.74) is 0. The largest absolute Gasteiger partial charge is 0.475 e. The molecule has 0 spiro atoms. The van der Waals surface area contributed by atoms with Crippen molar-refractivity contribution in [2.75, 3.05) is 0 Å². The van der Waals surface area contributed by atoms with E-state index < -0.39 is 0 Å². The number of thiol groups is 1. The molecule has 5 atom stereocenters. The van der Waals surface area contributed by atoms with Gasteiger partial charge in [-0.05, 0) is 61.6 Å². The Balaban J connectivity index is 1.73. The first-order valence-corrected chi connectivity index (χ1v) is 6.51. The zero-order valence-electron chi connectivity index (χ0n) is 8.19. The second-order valence-corrected chi connectivity index (χ2v) is 6.16. The van der Waals surface area contributed by atoms with Crippen LogP contribution in [0, 0.1) is 23.7 Å². The lowest BCUT2D eigenvalue weighted by molar-refractivity contribution is 0.0814. The molecule has 0 amide bonds. The molecule has 3 saturated carbocycles. The Morgan fingerprint density at radius 2 is 1.93 bits per heavy atom. The van der Waals surface area contributed by atoms with Crippen molar-refractivity contribution in [1.29, 1.82) is 0 Å². The molecule has 0 aliphatic heterocycles. The van der Waals surface area contributed by atoms with E-state index in [4.69, 9.17) is 17.0 Å². The maximum atomic E-state index is 5.65. The Hall–Kier alpha value is 0.240. The number of hydrogen-bond acceptors (Lipinski definition) is 2. The van der Waals surface area contributed by atoms with Crippen LogP contribution in [0.3, 0.4) is 0 Å². The van der Waals surface area contributed by atoms with Crippen LogP contribution >= 0.6 is 24.8 Å². The molecule has 0 N–H and O–H groups in total. The minimum absolute atomic E-state index is 0.407. The normalized spacial score (nSPS) is 49.4. The highest BCUT2D eigenvalue weighted by Crippen LogP contribution is 2.59. The van der Waals surface area contributed by atoms with Crippen molar-refractivity contribution in [2.45, 2.75) is 38.2 Å². The lowest BCUT2D eigenvalue weighted by Crippen LogP contribution is -2.30. The summed E-state index contributed by atoms with van der Waals surface area (Å²) in [6.07, 6.45) is 7.41. The van der Waals surface area contributed by atoms with Crippen LogP contribution in [0.5, 0.6) is 0 Å². The van der Waals surface area contributed by atoms with Gasteiger partial charge < -0.3 is 4.74 Å². The fraction of sp³-hybridized carbons (Fsp3) is 0.909. The lowest BCUT2D eigenvalue weighted by atomic mass is 9.80. The van der Waals surface area contributed by atoms with Crippen LogP contribution in [0.1, 0.15) is 32.1 Å². The van der Waals surface area contributed by atoms with Gasteiger partial charge in [-0.3, -0.25) is 0 Å². The van der Waals surface area contributed by atoms with Gasteiger partial charge in [0.25, 0.3) is 0 Å². The van der Waals surface area contributed by atoms with Crippen LogP contribution in [-0.2, 0) is 4.74 Å². The summed E-state index contributed by atoms with van der Waals surface area (Å²) in [5.74, 6) is 3.74. The summed E-state index contributed by atoms with van der Waals surface area (Å²) in [6, 6.07) is 0. The number of fused-ring (bicyclic) bond motifs is 5. The highest BCUT2D eigenvalue weighted by atomic mass is 32.1. The quantitative estimate of drug-likeness (QED) is 0.545. The summed E-state index contributed by atoms with van der Waals surface area (Å²) >= 11 is 8.98. The highest BCUT2D eigenvalue weighted by molar-refractivity contribution is 8.10. The Bertz CT molecular complexity index is 266. The van der Waals surface area contributed by atoms with Crippen LogP contribution in [0.15, 0.2) is 0 Å². The second-order valence-electron chi connectivity index (χ2n) is 5.08. The van der Waals surface area contributed by atoms with Gasteiger partial charge >= 0.3 is 0 Å². The predicted octanol–water partition coefficient (Wildman–Crippen LogP) is 3.04. The minimum atomic E-state index is 0.407. The number of thiocarbonyl (C=S) groups is 1. The maximum Gasteiger partial charge on any atom is 0.217 e. The summed E-state index contributed by atoms with van der Waals surface area (Å²) in [7, 11) is 0. The average Bonchev–Trinajstić information content (AvgIpc) is 2.68. The summed E-state index contributed by atoms with van der Waals surface area (Å²) in [4.78, 5) is 0. The molecule has 3 heteroatoms. The number of hydrogen-bond donors (Lipinski definition) is 1. The van der Waals surface area contributed by atoms with E-state index in [1.807, 2.05) is 0 Å². The first kappa shape index (κ1) is 9.46.